The van der Waals surface area contributed by atoms with Gasteiger partial charge in [-0.25, -0.2) is 0 Å². The van der Waals surface area contributed by atoms with E-state index in [9.17, 15) is 19.3 Å². The van der Waals surface area contributed by atoms with Crippen LogP contribution in [0.15, 0.2) is 18.2 Å². The van der Waals surface area contributed by atoms with Gasteiger partial charge < -0.3 is 10.6 Å². The molecule has 2 atom stereocenters. The van der Waals surface area contributed by atoms with Crippen LogP contribution in [0.1, 0.15) is 26.2 Å². The normalized spacial score (nSPS) is 21.8. The van der Waals surface area contributed by atoms with Crippen LogP contribution in [0.25, 0.3) is 0 Å². The van der Waals surface area contributed by atoms with Gasteiger partial charge >= 0.3 is 5.69 Å². The lowest BCUT2D eigenvalue weighted by Crippen LogP contribution is -2.46. The van der Waals surface area contributed by atoms with Gasteiger partial charge in [0.05, 0.1) is 11.0 Å². The van der Waals surface area contributed by atoms with Crippen LogP contribution in [0.3, 0.4) is 0 Å². The molecule has 0 aromatic heterocycles. The third kappa shape index (κ3) is 3.75. The molecule has 0 saturated carbocycles. The highest BCUT2D eigenvalue weighted by atomic mass is 19.1. The first-order valence-electron chi connectivity index (χ1n) is 6.99. The Hall–Kier alpha value is -2.02. The third-order valence-corrected chi connectivity index (χ3v) is 3.82. The summed E-state index contributed by atoms with van der Waals surface area (Å²) in [5.74, 6) is -0.683. The second kappa shape index (κ2) is 6.62. The van der Waals surface area contributed by atoms with E-state index < -0.39 is 16.4 Å². The SMILES string of the molecule is CCC1CCNC(C(=O)Nc2ccc([N+](=O)[O-])c(F)c2)C1. The van der Waals surface area contributed by atoms with E-state index in [0.717, 1.165) is 37.9 Å². The highest BCUT2D eigenvalue weighted by molar-refractivity contribution is 5.95. The molecule has 0 aliphatic carbocycles. The fraction of sp³-hybridized carbons (Fsp3) is 0.500. The smallest absolute Gasteiger partial charge is 0.304 e. The number of halogens is 1. The van der Waals surface area contributed by atoms with E-state index in [1.807, 2.05) is 0 Å². The second-order valence-electron chi connectivity index (χ2n) is 5.22. The Balaban J connectivity index is 2.02. The first-order valence-corrected chi connectivity index (χ1v) is 6.99. The van der Waals surface area contributed by atoms with E-state index in [0.29, 0.717) is 5.92 Å². The Kier molecular flexibility index (Phi) is 4.85. The molecule has 0 spiro atoms. The van der Waals surface area contributed by atoms with E-state index in [1.165, 1.54) is 6.07 Å². The minimum atomic E-state index is -0.958. The Labute approximate surface area is 121 Å². The molecule has 2 N–H and O–H groups in total. The lowest BCUT2D eigenvalue weighted by atomic mass is 9.90. The standard InChI is InChI=1S/C14H18FN3O3/c1-2-9-5-6-16-12(7-9)14(19)17-10-3-4-13(18(20)21)11(15)8-10/h3-4,8-9,12,16H,2,5-7H2,1H3,(H,17,19). The zero-order valence-electron chi connectivity index (χ0n) is 11.8. The topological polar surface area (TPSA) is 84.3 Å². The van der Waals surface area contributed by atoms with Crippen LogP contribution in [-0.4, -0.2) is 23.4 Å². The molecule has 6 nitrogen and oxygen atoms in total. The Morgan fingerprint density at radius 1 is 1.57 bits per heavy atom. The number of nitro benzene ring substituents is 1. The summed E-state index contributed by atoms with van der Waals surface area (Å²) in [5.41, 5.74) is -0.377. The predicted molar refractivity (Wildman–Crippen MR) is 76.5 cm³/mol. The number of nitrogens with zero attached hydrogens (tertiary/aromatic N) is 1. The molecule has 21 heavy (non-hydrogen) atoms. The number of nitrogens with one attached hydrogen (secondary N) is 2. The van der Waals surface area contributed by atoms with Gasteiger partial charge in [0.15, 0.2) is 0 Å². The van der Waals surface area contributed by atoms with Gasteiger partial charge in [-0.2, -0.15) is 4.39 Å². The van der Waals surface area contributed by atoms with Gasteiger partial charge in [0, 0.05) is 17.8 Å². The van der Waals surface area contributed by atoms with Crippen molar-refractivity contribution in [2.45, 2.75) is 32.2 Å². The number of rotatable bonds is 4. The molecule has 1 fully saturated rings. The quantitative estimate of drug-likeness (QED) is 0.660. The maximum absolute atomic E-state index is 13.5. The van der Waals surface area contributed by atoms with Gasteiger partial charge in [0.2, 0.25) is 11.7 Å². The van der Waals surface area contributed by atoms with E-state index in [1.54, 1.807) is 0 Å². The van der Waals surface area contributed by atoms with Gasteiger partial charge in [-0.05, 0) is 31.4 Å². The molecule has 7 heteroatoms. The molecule has 0 bridgehead atoms. The highest BCUT2D eigenvalue weighted by Gasteiger charge is 2.26. The van der Waals surface area contributed by atoms with E-state index in [-0.39, 0.29) is 17.6 Å². The Bertz CT molecular complexity index is 550. The Morgan fingerprint density at radius 2 is 2.33 bits per heavy atom. The van der Waals surface area contributed by atoms with Gasteiger partial charge in [-0.1, -0.05) is 13.3 Å². The van der Waals surface area contributed by atoms with Crippen LogP contribution in [-0.2, 0) is 4.79 Å². The summed E-state index contributed by atoms with van der Waals surface area (Å²) in [6.45, 7) is 2.88. The Morgan fingerprint density at radius 3 is 2.95 bits per heavy atom. The summed E-state index contributed by atoms with van der Waals surface area (Å²) in [6, 6.07) is 3.05. The highest BCUT2D eigenvalue weighted by Crippen LogP contribution is 2.23. The maximum atomic E-state index is 13.5. The molecular formula is C14H18FN3O3. The van der Waals surface area contributed by atoms with Crippen molar-refractivity contribution < 1.29 is 14.1 Å². The number of nitro groups is 1. The van der Waals surface area contributed by atoms with Crippen molar-refractivity contribution in [1.82, 2.24) is 5.32 Å². The van der Waals surface area contributed by atoms with Crippen molar-refractivity contribution in [3.05, 3.63) is 34.1 Å². The molecule has 1 heterocycles. The van der Waals surface area contributed by atoms with E-state index in [4.69, 9.17) is 0 Å². The number of piperidine rings is 1. The van der Waals surface area contributed by atoms with Crippen LogP contribution in [0, 0.1) is 21.8 Å². The molecule has 1 amide bonds. The van der Waals surface area contributed by atoms with Crippen LogP contribution in [0.5, 0.6) is 0 Å². The largest absolute Gasteiger partial charge is 0.325 e. The van der Waals surface area contributed by atoms with Crippen molar-refractivity contribution in [2.75, 3.05) is 11.9 Å². The lowest BCUT2D eigenvalue weighted by Gasteiger charge is -2.28. The number of carbonyl (C=O) groups excluding carboxylic acids is 1. The molecule has 1 saturated heterocycles. The molecule has 1 aromatic rings. The molecule has 0 radical (unpaired) electrons. The monoisotopic (exact) mass is 295 g/mol. The second-order valence-corrected chi connectivity index (χ2v) is 5.22. The van der Waals surface area contributed by atoms with Gasteiger partial charge in [-0.15, -0.1) is 0 Å². The summed E-state index contributed by atoms with van der Waals surface area (Å²) in [7, 11) is 0. The zero-order chi connectivity index (χ0) is 15.4. The fourth-order valence-electron chi connectivity index (χ4n) is 2.53. The van der Waals surface area contributed by atoms with Gasteiger partial charge in [0.1, 0.15) is 0 Å². The first-order chi connectivity index (χ1) is 10.0. The van der Waals surface area contributed by atoms with Crippen molar-refractivity contribution >= 4 is 17.3 Å². The number of amides is 1. The average molecular weight is 295 g/mol. The van der Waals surface area contributed by atoms with E-state index >= 15 is 0 Å². The number of anilines is 1. The minimum Gasteiger partial charge on any atom is -0.325 e. The number of benzene rings is 1. The molecule has 2 unspecified atom stereocenters. The van der Waals surface area contributed by atoms with Crippen molar-refractivity contribution in [3.8, 4) is 0 Å². The van der Waals surface area contributed by atoms with Crippen molar-refractivity contribution in [2.24, 2.45) is 5.92 Å². The third-order valence-electron chi connectivity index (χ3n) is 3.82. The summed E-state index contributed by atoms with van der Waals surface area (Å²) in [5, 5.41) is 16.3. The molecular weight excluding hydrogens is 277 g/mol. The maximum Gasteiger partial charge on any atom is 0.304 e. The molecule has 1 aromatic carbocycles. The van der Waals surface area contributed by atoms with Crippen LogP contribution in [0.4, 0.5) is 15.8 Å². The summed E-state index contributed by atoms with van der Waals surface area (Å²) in [6.07, 6.45) is 2.82. The van der Waals surface area contributed by atoms with Crippen LogP contribution >= 0.6 is 0 Å². The van der Waals surface area contributed by atoms with Crippen molar-refractivity contribution in [3.63, 3.8) is 0 Å². The molecule has 1 aliphatic heterocycles. The zero-order valence-corrected chi connectivity index (χ0v) is 11.8. The minimum absolute atomic E-state index is 0.225. The van der Waals surface area contributed by atoms with Crippen LogP contribution < -0.4 is 10.6 Å². The summed E-state index contributed by atoms with van der Waals surface area (Å²) in [4.78, 5) is 21.9. The number of hydrogen-bond acceptors (Lipinski definition) is 4. The van der Waals surface area contributed by atoms with Gasteiger partial charge in [-0.3, -0.25) is 14.9 Å². The summed E-state index contributed by atoms with van der Waals surface area (Å²) < 4.78 is 13.5. The van der Waals surface area contributed by atoms with E-state index in [2.05, 4.69) is 17.6 Å². The van der Waals surface area contributed by atoms with Crippen LogP contribution in [0.2, 0.25) is 0 Å². The fourth-order valence-corrected chi connectivity index (χ4v) is 2.53. The predicted octanol–water partition coefficient (Wildman–Crippen LogP) is 2.45. The molecule has 2 rings (SSSR count). The lowest BCUT2D eigenvalue weighted by molar-refractivity contribution is -0.387. The number of hydrogen-bond donors (Lipinski definition) is 2. The molecule has 114 valence electrons. The van der Waals surface area contributed by atoms with Gasteiger partial charge in [0.25, 0.3) is 0 Å². The number of carbonyl (C=O) groups is 1. The average Bonchev–Trinajstić information content (AvgIpc) is 2.47. The summed E-state index contributed by atoms with van der Waals surface area (Å²) >= 11 is 0. The van der Waals surface area contributed by atoms with Crippen molar-refractivity contribution in [1.29, 1.82) is 0 Å². The molecule has 1 aliphatic rings. The first kappa shape index (κ1) is 15.4.